The molecule has 1 aromatic carbocycles. The van der Waals surface area contributed by atoms with Crippen LogP contribution >= 0.6 is 0 Å². The van der Waals surface area contributed by atoms with Crippen molar-refractivity contribution in [1.29, 1.82) is 0 Å². The van der Waals surface area contributed by atoms with E-state index in [1.165, 1.54) is 25.3 Å². The Morgan fingerprint density at radius 1 is 1.13 bits per heavy atom. The molecule has 1 aliphatic carbocycles. The number of benzene rings is 1. The number of alkyl carbamates (subject to hydrolysis) is 1. The molecule has 11 nitrogen and oxygen atoms in total. The van der Waals surface area contributed by atoms with Gasteiger partial charge in [-0.05, 0) is 45.7 Å². The zero-order chi connectivity index (χ0) is 32.5. The minimum absolute atomic E-state index is 0.0218. The van der Waals surface area contributed by atoms with Crippen molar-refractivity contribution in [3.8, 4) is 22.8 Å². The third-order valence-corrected chi connectivity index (χ3v) is 7.81. The van der Waals surface area contributed by atoms with Crippen molar-refractivity contribution in [1.82, 2.24) is 25.0 Å². The molecule has 0 unspecified atom stereocenters. The number of hydrogen-bond acceptors (Lipinski definition) is 8. The molecule has 1 saturated carbocycles. The van der Waals surface area contributed by atoms with Crippen molar-refractivity contribution >= 4 is 17.8 Å². The van der Waals surface area contributed by atoms with E-state index < -0.39 is 36.0 Å². The Kier molecular flexibility index (Phi) is 9.12. The highest BCUT2D eigenvalue weighted by Gasteiger charge is 2.38. The van der Waals surface area contributed by atoms with Crippen LogP contribution in [0, 0.1) is 5.82 Å². The Morgan fingerprint density at radius 2 is 1.87 bits per heavy atom. The average Bonchev–Trinajstić information content (AvgIpc) is 3.61. The van der Waals surface area contributed by atoms with Gasteiger partial charge in [-0.25, -0.2) is 18.9 Å². The fourth-order valence-electron chi connectivity index (χ4n) is 5.71. The molecule has 45 heavy (non-hydrogen) atoms. The number of methoxy groups -OCH3 is 2. The van der Waals surface area contributed by atoms with E-state index in [1.54, 1.807) is 39.0 Å². The number of alkyl halides is 2. The summed E-state index contributed by atoms with van der Waals surface area (Å²) in [6, 6.07) is 4.38. The van der Waals surface area contributed by atoms with E-state index in [-0.39, 0.29) is 47.3 Å². The number of hydrogen-bond donors (Lipinski definition) is 2. The van der Waals surface area contributed by atoms with Crippen LogP contribution in [0.4, 0.5) is 23.8 Å². The summed E-state index contributed by atoms with van der Waals surface area (Å²) in [7, 11) is 3.02. The van der Waals surface area contributed by atoms with E-state index in [2.05, 4.69) is 20.7 Å². The number of aromatic nitrogens is 3. The van der Waals surface area contributed by atoms with Crippen molar-refractivity contribution < 1.29 is 37.0 Å². The van der Waals surface area contributed by atoms with Crippen LogP contribution in [0.3, 0.4) is 0 Å². The second-order valence-electron chi connectivity index (χ2n) is 12.1. The van der Waals surface area contributed by atoms with E-state index in [0.717, 1.165) is 19.0 Å². The Hall–Kier alpha value is -4.49. The maximum atomic E-state index is 16.3. The van der Waals surface area contributed by atoms with Crippen LogP contribution in [0.15, 0.2) is 30.6 Å². The molecule has 0 radical (unpaired) electrons. The molecule has 1 fully saturated rings. The molecule has 0 spiro atoms. The van der Waals surface area contributed by atoms with Crippen LogP contribution in [0.5, 0.6) is 11.5 Å². The molecule has 14 heteroatoms. The summed E-state index contributed by atoms with van der Waals surface area (Å²) in [5, 5.41) is 9.75. The lowest BCUT2D eigenvalue weighted by Gasteiger charge is -2.34. The number of nitrogens with zero attached hydrogens (tertiary/aromatic N) is 4. The fourth-order valence-corrected chi connectivity index (χ4v) is 5.71. The van der Waals surface area contributed by atoms with Gasteiger partial charge >= 0.3 is 12.6 Å². The summed E-state index contributed by atoms with van der Waals surface area (Å²) in [5.74, 6) is -0.332. The fraction of sp³-hybridized carbons (Fsp3) is 0.484. The molecule has 2 atom stereocenters. The van der Waals surface area contributed by atoms with Gasteiger partial charge in [-0.1, -0.05) is 12.8 Å². The van der Waals surface area contributed by atoms with Crippen LogP contribution in [0.1, 0.15) is 74.5 Å². The summed E-state index contributed by atoms with van der Waals surface area (Å²) in [6.07, 6.45) is 4.60. The van der Waals surface area contributed by atoms with Crippen LogP contribution in [-0.2, 0) is 17.8 Å². The first-order valence-electron chi connectivity index (χ1n) is 14.7. The highest BCUT2D eigenvalue weighted by molar-refractivity contribution is 6.04. The van der Waals surface area contributed by atoms with E-state index in [1.807, 2.05) is 0 Å². The van der Waals surface area contributed by atoms with Gasteiger partial charge < -0.3 is 29.7 Å². The lowest BCUT2D eigenvalue weighted by atomic mass is 9.90. The van der Waals surface area contributed by atoms with Crippen LogP contribution < -0.4 is 20.1 Å². The first-order chi connectivity index (χ1) is 21.4. The SMILES string of the molecule is COc1ccc(CN2Cc3c(F)c(N[C@@H]4CCCC[C@@H]4NC(=O)OC(C)(C)C)nc(-c4cnn(C(F)F)c4)c3C2=O)c(OC)c1. The summed E-state index contributed by atoms with van der Waals surface area (Å²) in [4.78, 5) is 32.3. The van der Waals surface area contributed by atoms with Crippen molar-refractivity contribution in [3.05, 3.63) is 53.1 Å². The van der Waals surface area contributed by atoms with Crippen LogP contribution in [0.2, 0.25) is 0 Å². The van der Waals surface area contributed by atoms with Gasteiger partial charge in [0, 0.05) is 41.5 Å². The summed E-state index contributed by atoms with van der Waals surface area (Å²) in [6.45, 7) is 2.37. The average molecular weight is 631 g/mol. The second kappa shape index (κ2) is 12.9. The second-order valence-corrected chi connectivity index (χ2v) is 12.1. The van der Waals surface area contributed by atoms with Gasteiger partial charge in [-0.15, -0.1) is 0 Å². The van der Waals surface area contributed by atoms with Gasteiger partial charge in [-0.2, -0.15) is 13.9 Å². The standard InChI is InChI=1S/C31H37F3N6O5/c1-31(2,3)45-30(42)37-22-9-7-6-8-21(22)36-27-25(32)20-16-39(14-17-10-11-19(43-4)12-23(17)44-5)28(41)24(20)26(38-27)18-13-35-40(15-18)29(33)34/h10-13,15,21-22,29H,6-9,14,16H2,1-5H3,(H,36,38)(H,37,42)/t21-,22+/m1/s1. The van der Waals surface area contributed by atoms with Crippen molar-refractivity contribution in [3.63, 3.8) is 0 Å². The van der Waals surface area contributed by atoms with Gasteiger partial charge in [0.2, 0.25) is 0 Å². The zero-order valence-electron chi connectivity index (χ0n) is 25.8. The maximum absolute atomic E-state index is 16.3. The summed E-state index contributed by atoms with van der Waals surface area (Å²) in [5.41, 5.74) is 0.197. The minimum Gasteiger partial charge on any atom is -0.497 e. The number of rotatable bonds is 9. The number of nitrogens with one attached hydrogen (secondary N) is 2. The Labute approximate surface area is 259 Å². The number of pyridine rings is 1. The number of ether oxygens (including phenoxy) is 3. The quantitative estimate of drug-likeness (QED) is 0.300. The molecule has 0 saturated heterocycles. The molecule has 2 N–H and O–H groups in total. The number of carbonyl (C=O) groups is 2. The first kappa shape index (κ1) is 31.9. The summed E-state index contributed by atoms with van der Waals surface area (Å²) >= 11 is 0. The predicted octanol–water partition coefficient (Wildman–Crippen LogP) is 5.90. The van der Waals surface area contributed by atoms with Crippen molar-refractivity contribution in [2.75, 3.05) is 19.5 Å². The number of anilines is 1. The third kappa shape index (κ3) is 6.94. The van der Waals surface area contributed by atoms with Crippen molar-refractivity contribution in [2.45, 2.75) is 83.8 Å². The van der Waals surface area contributed by atoms with Crippen LogP contribution in [-0.4, -0.2) is 63.6 Å². The van der Waals surface area contributed by atoms with Crippen molar-refractivity contribution in [2.24, 2.45) is 0 Å². The van der Waals surface area contributed by atoms with Gasteiger partial charge in [0.25, 0.3) is 5.91 Å². The number of amides is 2. The lowest BCUT2D eigenvalue weighted by Crippen LogP contribution is -2.50. The Bertz CT molecular complexity index is 1570. The van der Waals surface area contributed by atoms with E-state index in [4.69, 9.17) is 14.2 Å². The van der Waals surface area contributed by atoms with Gasteiger partial charge in [0.1, 0.15) is 17.1 Å². The number of carbonyl (C=O) groups excluding carboxylic acids is 2. The highest BCUT2D eigenvalue weighted by atomic mass is 19.3. The van der Waals surface area contributed by atoms with Gasteiger partial charge in [0.05, 0.1) is 44.3 Å². The van der Waals surface area contributed by atoms with Gasteiger partial charge in [-0.3, -0.25) is 4.79 Å². The monoisotopic (exact) mass is 630 g/mol. The molecule has 1 aliphatic heterocycles. The molecule has 2 aromatic heterocycles. The predicted molar refractivity (Wildman–Crippen MR) is 159 cm³/mol. The lowest BCUT2D eigenvalue weighted by molar-refractivity contribution is 0.0487. The molecule has 2 aliphatic rings. The van der Waals surface area contributed by atoms with E-state index in [0.29, 0.717) is 34.6 Å². The molecule has 2 amide bonds. The van der Waals surface area contributed by atoms with E-state index in [9.17, 15) is 18.4 Å². The maximum Gasteiger partial charge on any atom is 0.407 e. The smallest absolute Gasteiger partial charge is 0.407 e. The van der Waals surface area contributed by atoms with Gasteiger partial charge in [0.15, 0.2) is 11.6 Å². The minimum atomic E-state index is -2.92. The van der Waals surface area contributed by atoms with E-state index >= 15 is 4.39 Å². The highest BCUT2D eigenvalue weighted by Crippen LogP contribution is 2.38. The molecule has 3 heterocycles. The largest absolute Gasteiger partial charge is 0.497 e. The molecule has 3 aromatic rings. The molecular formula is C31H37F3N6O5. The first-order valence-corrected chi connectivity index (χ1v) is 14.7. The molecule has 242 valence electrons. The molecule has 5 rings (SSSR count). The molecular weight excluding hydrogens is 593 g/mol. The van der Waals surface area contributed by atoms with Crippen LogP contribution in [0.25, 0.3) is 11.3 Å². The summed E-state index contributed by atoms with van der Waals surface area (Å²) < 4.78 is 59.8. The topological polar surface area (TPSA) is 120 Å². The number of fused-ring (bicyclic) bond motifs is 1. The number of halogens is 3. The Morgan fingerprint density at radius 3 is 2.51 bits per heavy atom. The Balaban J connectivity index is 1.50. The normalized spacial score (nSPS) is 18.2. The third-order valence-electron chi connectivity index (χ3n) is 7.81. The molecule has 0 bridgehead atoms. The zero-order valence-corrected chi connectivity index (χ0v) is 25.8.